The van der Waals surface area contributed by atoms with Gasteiger partial charge in [0.05, 0.1) is 18.6 Å². The van der Waals surface area contributed by atoms with Crippen LogP contribution in [0.1, 0.15) is 33.1 Å². The average Bonchev–Trinajstić information content (AvgIpc) is 2.94. The van der Waals surface area contributed by atoms with E-state index in [9.17, 15) is 9.59 Å². The van der Waals surface area contributed by atoms with E-state index >= 15 is 0 Å². The first-order valence-corrected chi connectivity index (χ1v) is 14.6. The molecule has 1 atom stereocenters. The number of carbonyl (C=O) groups excluding carboxylic acids is 2. The molecular weight excluding hydrogens is 524 g/mol. The summed E-state index contributed by atoms with van der Waals surface area (Å²) < 4.78 is 5.49. The van der Waals surface area contributed by atoms with Crippen molar-refractivity contribution in [1.29, 1.82) is 0 Å². The van der Waals surface area contributed by atoms with Crippen LogP contribution in [0.4, 0.5) is 11.5 Å². The molecule has 3 heterocycles. The Balaban J connectivity index is 1.30. The number of hydrogen-bond acceptors (Lipinski definition) is 8. The van der Waals surface area contributed by atoms with Gasteiger partial charge in [0.25, 0.3) is 0 Å². The minimum Gasteiger partial charge on any atom is -0.495 e. The van der Waals surface area contributed by atoms with Crippen molar-refractivity contribution in [3.05, 3.63) is 35.5 Å². The number of anilines is 2. The van der Waals surface area contributed by atoms with E-state index in [1.165, 1.54) is 11.8 Å². The number of aromatic nitrogens is 2. The van der Waals surface area contributed by atoms with Crippen LogP contribution < -0.4 is 14.5 Å². The zero-order valence-corrected chi connectivity index (χ0v) is 24.0. The van der Waals surface area contributed by atoms with Crippen molar-refractivity contribution < 1.29 is 14.3 Å². The number of thioether (sulfide) groups is 1. The van der Waals surface area contributed by atoms with Crippen LogP contribution in [0, 0.1) is 0 Å². The number of benzene rings is 1. The van der Waals surface area contributed by atoms with Crippen LogP contribution in [0.3, 0.4) is 0 Å². The van der Waals surface area contributed by atoms with Crippen molar-refractivity contribution in [2.75, 3.05) is 68.5 Å². The van der Waals surface area contributed by atoms with E-state index < -0.39 is 0 Å². The average molecular weight is 561 g/mol. The number of unbranched alkanes of at least 4 members (excludes halogenated alkanes) is 1. The molecule has 2 aliphatic rings. The number of halogens is 1. The molecule has 11 heteroatoms. The molecule has 206 valence electrons. The lowest BCUT2D eigenvalue weighted by atomic mass is 10.1. The van der Waals surface area contributed by atoms with Gasteiger partial charge < -0.3 is 24.3 Å². The second-order valence-electron chi connectivity index (χ2n) is 9.65. The first kappa shape index (κ1) is 28.3. The summed E-state index contributed by atoms with van der Waals surface area (Å²) in [5.41, 5.74) is 1.05. The molecule has 1 aromatic carbocycles. The predicted molar refractivity (Wildman–Crippen MR) is 152 cm³/mol. The maximum absolute atomic E-state index is 13.0. The number of nitrogens with zero attached hydrogens (tertiary/aromatic N) is 6. The third-order valence-corrected chi connectivity index (χ3v) is 8.09. The first-order valence-electron chi connectivity index (χ1n) is 13.3. The Morgan fingerprint density at radius 1 is 1.05 bits per heavy atom. The summed E-state index contributed by atoms with van der Waals surface area (Å²) in [6.45, 7) is 9.00. The van der Waals surface area contributed by atoms with E-state index in [0.717, 1.165) is 43.2 Å². The Kier molecular flexibility index (Phi) is 9.96. The number of piperazine rings is 2. The van der Waals surface area contributed by atoms with Gasteiger partial charge in [0.1, 0.15) is 16.7 Å². The normalized spacial score (nSPS) is 18.1. The minimum atomic E-state index is 0.0626. The van der Waals surface area contributed by atoms with Crippen LogP contribution in [0.15, 0.2) is 35.5 Å². The summed E-state index contributed by atoms with van der Waals surface area (Å²) in [6.07, 6.45) is 2.54. The van der Waals surface area contributed by atoms with Crippen molar-refractivity contribution in [3.8, 4) is 5.75 Å². The van der Waals surface area contributed by atoms with E-state index in [2.05, 4.69) is 28.6 Å². The molecule has 38 heavy (non-hydrogen) atoms. The molecule has 0 N–H and O–H groups in total. The first-order chi connectivity index (χ1) is 18.4. The summed E-state index contributed by atoms with van der Waals surface area (Å²) in [4.78, 5) is 42.8. The van der Waals surface area contributed by atoms with Crippen LogP contribution >= 0.6 is 23.4 Å². The Morgan fingerprint density at radius 3 is 2.50 bits per heavy atom. The third kappa shape index (κ3) is 7.02. The fraction of sp³-hybridized carbons (Fsp3) is 0.556. The van der Waals surface area contributed by atoms with Crippen LogP contribution in [0.25, 0.3) is 0 Å². The van der Waals surface area contributed by atoms with Gasteiger partial charge in [0.2, 0.25) is 11.8 Å². The number of amides is 2. The third-order valence-electron chi connectivity index (χ3n) is 7.06. The van der Waals surface area contributed by atoms with Crippen molar-refractivity contribution in [2.24, 2.45) is 0 Å². The number of ether oxygens (including phenoxy) is 1. The highest BCUT2D eigenvalue weighted by Gasteiger charge is 2.28. The molecule has 0 saturated carbocycles. The summed E-state index contributed by atoms with van der Waals surface area (Å²) in [7, 11) is 1.68. The maximum atomic E-state index is 13.0. The zero-order chi connectivity index (χ0) is 27.1. The fourth-order valence-corrected chi connectivity index (χ4v) is 5.91. The molecule has 0 spiro atoms. The Labute approximate surface area is 234 Å². The molecule has 4 rings (SSSR count). The molecule has 2 amide bonds. The number of methoxy groups -OCH3 is 1. The number of hydrogen-bond donors (Lipinski definition) is 0. The molecule has 2 fully saturated rings. The highest BCUT2D eigenvalue weighted by Crippen LogP contribution is 2.29. The van der Waals surface area contributed by atoms with Gasteiger partial charge in [0, 0.05) is 64.3 Å². The van der Waals surface area contributed by atoms with E-state index in [0.29, 0.717) is 49.5 Å². The van der Waals surface area contributed by atoms with Crippen molar-refractivity contribution in [1.82, 2.24) is 19.8 Å². The van der Waals surface area contributed by atoms with Gasteiger partial charge in [-0.25, -0.2) is 9.97 Å². The second kappa shape index (κ2) is 13.4. The highest BCUT2D eigenvalue weighted by atomic mass is 35.5. The maximum Gasteiger partial charge on any atom is 0.233 e. The summed E-state index contributed by atoms with van der Waals surface area (Å²) >= 11 is 7.65. The second-order valence-corrected chi connectivity index (χ2v) is 11.0. The molecular formula is C27H37ClN6O3S. The molecule has 0 bridgehead atoms. The van der Waals surface area contributed by atoms with E-state index in [4.69, 9.17) is 21.3 Å². The van der Waals surface area contributed by atoms with Crippen molar-refractivity contribution >= 4 is 46.7 Å². The van der Waals surface area contributed by atoms with Gasteiger partial charge in [-0.15, -0.1) is 0 Å². The topological polar surface area (TPSA) is 82.1 Å². The zero-order valence-electron chi connectivity index (χ0n) is 22.4. The molecule has 2 aliphatic heterocycles. The van der Waals surface area contributed by atoms with Crippen LogP contribution in [0.2, 0.25) is 5.15 Å². The van der Waals surface area contributed by atoms with Gasteiger partial charge in [-0.3, -0.25) is 9.59 Å². The molecule has 9 nitrogen and oxygen atoms in total. The van der Waals surface area contributed by atoms with Gasteiger partial charge in [-0.2, -0.15) is 0 Å². The summed E-state index contributed by atoms with van der Waals surface area (Å²) in [5, 5.41) is 0.840. The van der Waals surface area contributed by atoms with Crippen molar-refractivity contribution in [2.45, 2.75) is 44.3 Å². The fourth-order valence-electron chi connectivity index (χ4n) is 4.93. The predicted octanol–water partition coefficient (Wildman–Crippen LogP) is 3.81. The summed E-state index contributed by atoms with van der Waals surface area (Å²) in [6, 6.07) is 9.81. The molecule has 0 aliphatic carbocycles. The van der Waals surface area contributed by atoms with E-state index in [-0.39, 0.29) is 23.6 Å². The molecule has 2 saturated heterocycles. The van der Waals surface area contributed by atoms with E-state index in [1.54, 1.807) is 13.2 Å². The van der Waals surface area contributed by atoms with Crippen LogP contribution in [-0.4, -0.2) is 96.3 Å². The Morgan fingerprint density at radius 2 is 1.79 bits per heavy atom. The number of carbonyl (C=O) groups is 2. The van der Waals surface area contributed by atoms with Gasteiger partial charge in [-0.1, -0.05) is 48.8 Å². The van der Waals surface area contributed by atoms with Gasteiger partial charge in [0.15, 0.2) is 5.16 Å². The van der Waals surface area contributed by atoms with Crippen molar-refractivity contribution in [3.63, 3.8) is 0 Å². The smallest absolute Gasteiger partial charge is 0.233 e. The number of rotatable bonds is 9. The van der Waals surface area contributed by atoms with Crippen LogP contribution in [-0.2, 0) is 9.59 Å². The van der Waals surface area contributed by atoms with Crippen LogP contribution in [0.5, 0.6) is 5.75 Å². The minimum absolute atomic E-state index is 0.0626. The summed E-state index contributed by atoms with van der Waals surface area (Å²) in [5.74, 6) is 2.12. The SMILES string of the molecule is CCCCC(=O)N1CCN(c2cc(Cl)nc(SCC(=O)N3CCN(c4ccccc4OC)CC3)n2)CC1C. The standard InChI is InChI=1S/C27H37ClN6O3S/c1-4-5-10-25(35)34-16-15-33(18-20(34)2)24-17-23(28)29-27(30-24)38-19-26(36)32-13-11-31(12-14-32)21-8-6-7-9-22(21)37-3/h6-9,17,20H,4-5,10-16,18-19H2,1-3H3. The molecule has 0 radical (unpaired) electrons. The van der Waals surface area contributed by atoms with E-state index in [1.807, 2.05) is 34.1 Å². The lowest BCUT2D eigenvalue weighted by Gasteiger charge is -2.40. The molecule has 1 unspecified atom stereocenters. The Bertz CT molecular complexity index is 1110. The van der Waals surface area contributed by atoms with Gasteiger partial charge in [-0.05, 0) is 25.5 Å². The quantitative estimate of drug-likeness (QED) is 0.260. The Hall–Kier alpha value is -2.72. The van der Waals surface area contributed by atoms with Gasteiger partial charge >= 0.3 is 0 Å². The lowest BCUT2D eigenvalue weighted by molar-refractivity contribution is -0.133. The monoisotopic (exact) mass is 560 g/mol. The lowest BCUT2D eigenvalue weighted by Crippen LogP contribution is -2.54. The molecule has 2 aromatic rings. The highest BCUT2D eigenvalue weighted by molar-refractivity contribution is 7.99. The molecule has 1 aromatic heterocycles. The number of para-hydroxylation sites is 2. The largest absolute Gasteiger partial charge is 0.495 e.